The van der Waals surface area contributed by atoms with Crippen LogP contribution >= 0.6 is 0 Å². The fraction of sp³-hybridized carbons (Fsp3) is 0.923. The Morgan fingerprint density at radius 2 is 1.94 bits per heavy atom. The molecule has 0 unspecified atom stereocenters. The second kappa shape index (κ2) is 6.24. The van der Waals surface area contributed by atoms with E-state index >= 15 is 0 Å². The van der Waals surface area contributed by atoms with E-state index < -0.39 is 0 Å². The predicted octanol–water partition coefficient (Wildman–Crippen LogP) is 2.10. The summed E-state index contributed by atoms with van der Waals surface area (Å²) < 4.78 is 5.23. The summed E-state index contributed by atoms with van der Waals surface area (Å²) >= 11 is 0. The van der Waals surface area contributed by atoms with Gasteiger partial charge in [-0.15, -0.1) is 0 Å². The van der Waals surface area contributed by atoms with Gasteiger partial charge >= 0.3 is 6.03 Å². The zero-order chi connectivity index (χ0) is 12.9. The number of nitrogens with one attached hydrogen (secondary N) is 1. The van der Waals surface area contributed by atoms with Crippen molar-refractivity contribution in [3.05, 3.63) is 0 Å². The van der Waals surface area contributed by atoms with Crippen LogP contribution in [0.1, 0.15) is 34.1 Å². The van der Waals surface area contributed by atoms with Crippen molar-refractivity contribution in [2.24, 2.45) is 11.3 Å². The molecule has 1 saturated heterocycles. The molecule has 1 aliphatic heterocycles. The molecule has 1 fully saturated rings. The first-order valence-electron chi connectivity index (χ1n) is 6.51. The van der Waals surface area contributed by atoms with Crippen LogP contribution in [-0.4, -0.2) is 43.8 Å². The molecular weight excluding hydrogens is 216 g/mol. The smallest absolute Gasteiger partial charge is 0.317 e. The van der Waals surface area contributed by atoms with Crippen LogP contribution in [0.5, 0.6) is 0 Å². The van der Waals surface area contributed by atoms with Crippen molar-refractivity contribution in [3.63, 3.8) is 0 Å². The predicted molar refractivity (Wildman–Crippen MR) is 69.0 cm³/mol. The number of hydrogen-bond donors (Lipinski definition) is 1. The highest BCUT2D eigenvalue weighted by Crippen LogP contribution is 2.24. The topological polar surface area (TPSA) is 41.6 Å². The molecule has 1 heterocycles. The molecule has 2 amide bonds. The zero-order valence-corrected chi connectivity index (χ0v) is 11.6. The van der Waals surface area contributed by atoms with Gasteiger partial charge in [-0.05, 0) is 17.8 Å². The van der Waals surface area contributed by atoms with Gasteiger partial charge in [-0.1, -0.05) is 27.7 Å². The van der Waals surface area contributed by atoms with Crippen LogP contribution in [0.4, 0.5) is 4.79 Å². The van der Waals surface area contributed by atoms with Gasteiger partial charge in [-0.25, -0.2) is 4.79 Å². The molecule has 4 heteroatoms. The van der Waals surface area contributed by atoms with Gasteiger partial charge in [0.2, 0.25) is 0 Å². The number of nitrogens with zero attached hydrogens (tertiary/aromatic N) is 1. The minimum absolute atomic E-state index is 0.0464. The van der Waals surface area contributed by atoms with Gasteiger partial charge in [0, 0.05) is 19.6 Å². The normalized spacial score (nSPS) is 17.4. The molecule has 100 valence electrons. The lowest BCUT2D eigenvalue weighted by Crippen LogP contribution is -2.48. The van der Waals surface area contributed by atoms with Crippen molar-refractivity contribution in [2.75, 3.05) is 32.8 Å². The number of hydrogen-bond acceptors (Lipinski definition) is 2. The Hall–Kier alpha value is -0.770. The lowest BCUT2D eigenvalue weighted by molar-refractivity contribution is 0.0524. The Morgan fingerprint density at radius 3 is 2.47 bits per heavy atom. The fourth-order valence-corrected chi connectivity index (χ4v) is 2.37. The first-order valence-corrected chi connectivity index (χ1v) is 6.51. The molecule has 0 aromatic heterocycles. The maximum atomic E-state index is 11.9. The minimum Gasteiger partial charge on any atom is -0.378 e. The van der Waals surface area contributed by atoms with E-state index in [9.17, 15) is 4.79 Å². The average molecular weight is 242 g/mol. The number of urea groups is 1. The van der Waals surface area contributed by atoms with Crippen LogP contribution < -0.4 is 5.32 Å². The Bertz CT molecular complexity index is 246. The molecule has 0 bridgehead atoms. The first kappa shape index (κ1) is 14.3. The van der Waals surface area contributed by atoms with Crippen molar-refractivity contribution in [1.82, 2.24) is 10.2 Å². The van der Waals surface area contributed by atoms with Gasteiger partial charge < -0.3 is 15.0 Å². The monoisotopic (exact) mass is 242 g/mol. The molecule has 0 saturated carbocycles. The highest BCUT2D eigenvalue weighted by atomic mass is 16.5. The summed E-state index contributed by atoms with van der Waals surface area (Å²) in [4.78, 5) is 13.7. The van der Waals surface area contributed by atoms with Gasteiger partial charge in [0.05, 0.1) is 13.2 Å². The lowest BCUT2D eigenvalue weighted by atomic mass is 9.84. The molecule has 0 radical (unpaired) electrons. The highest BCUT2D eigenvalue weighted by Gasteiger charge is 2.22. The summed E-state index contributed by atoms with van der Waals surface area (Å²) in [6, 6.07) is 0.0464. The summed E-state index contributed by atoms with van der Waals surface area (Å²) in [6.45, 7) is 12.3. The standard InChI is InChI=1S/C13H26N2O2/c1-11(2)9-13(3,4)10-14-12(16)15-5-7-17-8-6-15/h11H,5-10H2,1-4H3,(H,14,16). The van der Waals surface area contributed by atoms with Gasteiger partial charge in [0.25, 0.3) is 0 Å². The molecule has 0 atom stereocenters. The molecule has 1 aliphatic rings. The van der Waals surface area contributed by atoms with Crippen molar-refractivity contribution < 1.29 is 9.53 Å². The van der Waals surface area contributed by atoms with Gasteiger partial charge in [0.1, 0.15) is 0 Å². The Kier molecular flexibility index (Phi) is 5.25. The summed E-state index contributed by atoms with van der Waals surface area (Å²) in [5.74, 6) is 0.658. The van der Waals surface area contributed by atoms with Crippen LogP contribution in [0.25, 0.3) is 0 Å². The van der Waals surface area contributed by atoms with E-state index in [1.807, 2.05) is 4.90 Å². The van der Waals surface area contributed by atoms with Crippen molar-refractivity contribution in [1.29, 1.82) is 0 Å². The van der Waals surface area contributed by atoms with Crippen molar-refractivity contribution in [3.8, 4) is 0 Å². The van der Waals surface area contributed by atoms with E-state index in [0.717, 1.165) is 13.0 Å². The SMILES string of the molecule is CC(C)CC(C)(C)CNC(=O)N1CCOCC1. The van der Waals surface area contributed by atoms with E-state index in [0.29, 0.717) is 32.2 Å². The molecule has 17 heavy (non-hydrogen) atoms. The molecule has 0 aromatic rings. The third-order valence-electron chi connectivity index (χ3n) is 2.98. The van der Waals surface area contributed by atoms with Crippen molar-refractivity contribution in [2.45, 2.75) is 34.1 Å². The second-order valence-corrected chi connectivity index (χ2v) is 6.02. The zero-order valence-electron chi connectivity index (χ0n) is 11.6. The summed E-state index contributed by atoms with van der Waals surface area (Å²) in [7, 11) is 0. The molecular formula is C13H26N2O2. The van der Waals surface area contributed by atoms with E-state index in [1.54, 1.807) is 0 Å². The lowest BCUT2D eigenvalue weighted by Gasteiger charge is -2.31. The number of carbonyl (C=O) groups is 1. The van der Waals surface area contributed by atoms with Gasteiger partial charge in [0.15, 0.2) is 0 Å². The number of amides is 2. The maximum Gasteiger partial charge on any atom is 0.317 e. The average Bonchev–Trinajstić information content (AvgIpc) is 2.25. The van der Waals surface area contributed by atoms with Crippen LogP contribution in [0, 0.1) is 11.3 Å². The summed E-state index contributed by atoms with van der Waals surface area (Å²) in [5.41, 5.74) is 0.163. The molecule has 0 spiro atoms. The minimum atomic E-state index is 0.0464. The largest absolute Gasteiger partial charge is 0.378 e. The number of rotatable bonds is 4. The van der Waals surface area contributed by atoms with Crippen molar-refractivity contribution >= 4 is 6.03 Å². The van der Waals surface area contributed by atoms with Crippen LogP contribution in [0.3, 0.4) is 0 Å². The van der Waals surface area contributed by atoms with Gasteiger partial charge in [-0.2, -0.15) is 0 Å². The second-order valence-electron chi connectivity index (χ2n) is 6.02. The molecule has 4 nitrogen and oxygen atoms in total. The third-order valence-corrected chi connectivity index (χ3v) is 2.98. The highest BCUT2D eigenvalue weighted by molar-refractivity contribution is 5.74. The molecule has 1 N–H and O–H groups in total. The quantitative estimate of drug-likeness (QED) is 0.820. The Morgan fingerprint density at radius 1 is 1.35 bits per heavy atom. The van der Waals surface area contributed by atoms with E-state index in [1.165, 1.54) is 0 Å². The number of ether oxygens (including phenoxy) is 1. The van der Waals surface area contributed by atoms with E-state index in [-0.39, 0.29) is 11.4 Å². The fourth-order valence-electron chi connectivity index (χ4n) is 2.37. The Balaban J connectivity index is 2.31. The maximum absolute atomic E-state index is 11.9. The summed E-state index contributed by atoms with van der Waals surface area (Å²) in [6.07, 6.45) is 1.12. The third kappa shape index (κ3) is 5.39. The van der Waals surface area contributed by atoms with E-state index in [4.69, 9.17) is 4.74 Å². The molecule has 1 rings (SSSR count). The van der Waals surface area contributed by atoms with E-state index in [2.05, 4.69) is 33.0 Å². The van der Waals surface area contributed by atoms with Gasteiger partial charge in [-0.3, -0.25) is 0 Å². The first-order chi connectivity index (χ1) is 7.91. The van der Waals surface area contributed by atoms with Crippen LogP contribution in [0.2, 0.25) is 0 Å². The number of morpholine rings is 1. The van der Waals surface area contributed by atoms with Crippen LogP contribution in [0.15, 0.2) is 0 Å². The molecule has 0 aromatic carbocycles. The number of carbonyl (C=O) groups excluding carboxylic acids is 1. The van der Waals surface area contributed by atoms with Crippen LogP contribution in [-0.2, 0) is 4.74 Å². The summed E-state index contributed by atoms with van der Waals surface area (Å²) in [5, 5.41) is 3.03. The molecule has 0 aliphatic carbocycles. The Labute approximate surface area is 105 Å².